The maximum absolute atomic E-state index is 12.8. The number of hydrogen-bond acceptors (Lipinski definition) is 5. The van der Waals surface area contributed by atoms with Crippen molar-refractivity contribution >= 4 is 34.2 Å². The number of anilines is 1. The fourth-order valence-electron chi connectivity index (χ4n) is 3.16. The first kappa shape index (κ1) is 20.4. The number of carbonyl (C=O) groups is 1. The third-order valence-electron chi connectivity index (χ3n) is 4.77. The molecule has 1 N–H and O–H groups in total. The number of nitrogens with zero attached hydrogens (tertiary/aromatic N) is 3. The summed E-state index contributed by atoms with van der Waals surface area (Å²) in [5.41, 5.74) is 0.242. The Kier molecular flexibility index (Phi) is 5.31. The van der Waals surface area contributed by atoms with E-state index in [1.165, 1.54) is 23.9 Å². The minimum atomic E-state index is -0.550. The molecule has 1 amide bonds. The van der Waals surface area contributed by atoms with Crippen LogP contribution in [0.4, 0.5) is 5.69 Å². The molecule has 31 heavy (non-hydrogen) atoms. The summed E-state index contributed by atoms with van der Waals surface area (Å²) < 4.78 is 7.45. The van der Waals surface area contributed by atoms with Gasteiger partial charge in [-0.3, -0.25) is 14.2 Å². The van der Waals surface area contributed by atoms with Crippen LogP contribution in [0.1, 0.15) is 10.4 Å². The molecule has 2 heterocycles. The first-order valence-corrected chi connectivity index (χ1v) is 9.60. The number of amides is 1. The van der Waals surface area contributed by atoms with Gasteiger partial charge in [0.1, 0.15) is 5.75 Å². The van der Waals surface area contributed by atoms with Crippen LogP contribution in [-0.4, -0.2) is 27.1 Å². The molecular weight excluding hydrogens is 420 g/mol. The third kappa shape index (κ3) is 3.80. The quantitative estimate of drug-likeness (QED) is 0.530. The van der Waals surface area contributed by atoms with E-state index < -0.39 is 17.2 Å². The van der Waals surface area contributed by atoms with Crippen molar-refractivity contribution in [1.82, 2.24) is 14.1 Å². The molecule has 0 aliphatic rings. The number of halogens is 1. The molecule has 0 unspecified atom stereocenters. The molecule has 4 aromatic rings. The van der Waals surface area contributed by atoms with Gasteiger partial charge in [-0.1, -0.05) is 17.7 Å². The Morgan fingerprint density at radius 3 is 2.52 bits per heavy atom. The molecule has 0 atom stereocenters. The van der Waals surface area contributed by atoms with Crippen LogP contribution < -0.4 is 21.3 Å². The van der Waals surface area contributed by atoms with Crippen LogP contribution in [0.2, 0.25) is 5.02 Å². The van der Waals surface area contributed by atoms with Gasteiger partial charge >= 0.3 is 5.69 Å². The van der Waals surface area contributed by atoms with E-state index in [2.05, 4.69) is 10.3 Å². The predicted molar refractivity (Wildman–Crippen MR) is 119 cm³/mol. The smallest absolute Gasteiger partial charge is 0.337 e. The molecule has 0 saturated carbocycles. The monoisotopic (exact) mass is 436 g/mol. The predicted octanol–water partition coefficient (Wildman–Crippen LogP) is 3.00. The van der Waals surface area contributed by atoms with Gasteiger partial charge in [0.05, 0.1) is 23.7 Å². The van der Waals surface area contributed by atoms with Gasteiger partial charge in [-0.25, -0.2) is 14.3 Å². The summed E-state index contributed by atoms with van der Waals surface area (Å²) in [5.74, 6) is 0.166. The fraction of sp³-hybridized carbons (Fsp3) is 0.0909. The highest BCUT2D eigenvalue weighted by Gasteiger charge is 2.16. The summed E-state index contributed by atoms with van der Waals surface area (Å²) in [5, 5.41) is 3.33. The van der Waals surface area contributed by atoms with E-state index in [9.17, 15) is 14.4 Å². The van der Waals surface area contributed by atoms with Gasteiger partial charge in [-0.15, -0.1) is 0 Å². The van der Waals surface area contributed by atoms with E-state index in [1.807, 2.05) is 0 Å². The van der Waals surface area contributed by atoms with Gasteiger partial charge < -0.3 is 10.1 Å². The molecule has 8 nitrogen and oxygen atoms in total. The van der Waals surface area contributed by atoms with Crippen molar-refractivity contribution in [2.45, 2.75) is 0 Å². The SMILES string of the molecule is COc1ccc(-n2c(=O)n(C)c(=O)c3cc(C(=O)Nc4cccc(Cl)c4)cnc32)cc1. The zero-order chi connectivity index (χ0) is 22.1. The molecule has 0 spiro atoms. The Morgan fingerprint density at radius 2 is 1.84 bits per heavy atom. The van der Waals surface area contributed by atoms with Gasteiger partial charge in [0.25, 0.3) is 11.5 Å². The fourth-order valence-corrected chi connectivity index (χ4v) is 3.35. The van der Waals surface area contributed by atoms with E-state index >= 15 is 0 Å². The second kappa shape index (κ2) is 8.08. The number of methoxy groups -OCH3 is 1. The van der Waals surface area contributed by atoms with Crippen molar-refractivity contribution in [2.75, 3.05) is 12.4 Å². The molecule has 0 fully saturated rings. The number of fused-ring (bicyclic) bond motifs is 1. The molecular formula is C22H17ClN4O4. The molecule has 0 bridgehead atoms. The average molecular weight is 437 g/mol. The number of ether oxygens (including phenoxy) is 1. The zero-order valence-electron chi connectivity index (χ0n) is 16.6. The Balaban J connectivity index is 1.83. The summed E-state index contributed by atoms with van der Waals surface area (Å²) in [6.45, 7) is 0. The zero-order valence-corrected chi connectivity index (χ0v) is 17.4. The lowest BCUT2D eigenvalue weighted by atomic mass is 10.2. The van der Waals surface area contributed by atoms with Gasteiger partial charge in [0, 0.05) is 24.0 Å². The Hall–Kier alpha value is -3.91. The lowest BCUT2D eigenvalue weighted by Gasteiger charge is -2.13. The number of hydrogen-bond donors (Lipinski definition) is 1. The van der Waals surface area contributed by atoms with Crippen LogP contribution in [0.15, 0.2) is 70.4 Å². The van der Waals surface area contributed by atoms with Gasteiger partial charge in [0.2, 0.25) is 0 Å². The highest BCUT2D eigenvalue weighted by molar-refractivity contribution is 6.31. The second-order valence-electron chi connectivity index (χ2n) is 6.74. The summed E-state index contributed by atoms with van der Waals surface area (Å²) >= 11 is 5.95. The van der Waals surface area contributed by atoms with Gasteiger partial charge in [-0.05, 0) is 48.5 Å². The second-order valence-corrected chi connectivity index (χ2v) is 7.18. The maximum atomic E-state index is 12.8. The van der Waals surface area contributed by atoms with Crippen molar-refractivity contribution in [3.8, 4) is 11.4 Å². The molecule has 4 rings (SSSR count). The highest BCUT2D eigenvalue weighted by Crippen LogP contribution is 2.19. The molecule has 2 aromatic heterocycles. The topological polar surface area (TPSA) is 95.2 Å². The molecule has 0 radical (unpaired) electrons. The van der Waals surface area contributed by atoms with Gasteiger partial charge in [-0.2, -0.15) is 0 Å². The minimum absolute atomic E-state index is 0.136. The first-order valence-electron chi connectivity index (χ1n) is 9.22. The first-order chi connectivity index (χ1) is 14.9. The summed E-state index contributed by atoms with van der Waals surface area (Å²) in [7, 11) is 2.92. The Bertz CT molecular complexity index is 1420. The average Bonchev–Trinajstić information content (AvgIpc) is 2.78. The Labute approximate surface area is 181 Å². The standard InChI is InChI=1S/C22H17ClN4O4/c1-26-21(29)18-10-13(20(28)25-15-5-3-4-14(23)11-15)12-24-19(18)27(22(26)30)16-6-8-17(31-2)9-7-16/h3-12H,1-2H3,(H,25,28). The largest absolute Gasteiger partial charge is 0.497 e. The molecule has 156 valence electrons. The van der Waals surface area contributed by atoms with Gasteiger partial charge in [0.15, 0.2) is 5.65 Å². The van der Waals surface area contributed by atoms with E-state index in [-0.39, 0.29) is 16.6 Å². The lowest BCUT2D eigenvalue weighted by Crippen LogP contribution is -2.38. The molecule has 9 heteroatoms. The maximum Gasteiger partial charge on any atom is 0.337 e. The Morgan fingerprint density at radius 1 is 1.10 bits per heavy atom. The van der Waals surface area contributed by atoms with Crippen molar-refractivity contribution in [3.63, 3.8) is 0 Å². The van der Waals surface area contributed by atoms with Crippen molar-refractivity contribution in [3.05, 3.63) is 92.2 Å². The van der Waals surface area contributed by atoms with Crippen LogP contribution in [-0.2, 0) is 7.05 Å². The lowest BCUT2D eigenvalue weighted by molar-refractivity contribution is 0.102. The number of benzene rings is 2. The van der Waals surface area contributed by atoms with Crippen LogP contribution in [0.5, 0.6) is 5.75 Å². The highest BCUT2D eigenvalue weighted by atomic mass is 35.5. The summed E-state index contributed by atoms with van der Waals surface area (Å²) in [6, 6.07) is 14.9. The number of carbonyl (C=O) groups excluding carboxylic acids is 1. The van der Waals surface area contributed by atoms with E-state index in [1.54, 1.807) is 55.6 Å². The van der Waals surface area contributed by atoms with E-state index in [0.29, 0.717) is 22.1 Å². The van der Waals surface area contributed by atoms with Crippen LogP contribution in [0, 0.1) is 0 Å². The number of pyridine rings is 1. The normalized spacial score (nSPS) is 10.8. The molecule has 0 aliphatic carbocycles. The van der Waals surface area contributed by atoms with Crippen molar-refractivity contribution in [2.24, 2.45) is 7.05 Å². The summed E-state index contributed by atoms with van der Waals surface area (Å²) in [4.78, 5) is 42.5. The summed E-state index contributed by atoms with van der Waals surface area (Å²) in [6.07, 6.45) is 1.32. The molecule has 0 saturated heterocycles. The van der Waals surface area contributed by atoms with Crippen molar-refractivity contribution in [1.29, 1.82) is 0 Å². The number of aromatic nitrogens is 3. The third-order valence-corrected chi connectivity index (χ3v) is 5.00. The van der Waals surface area contributed by atoms with E-state index in [0.717, 1.165) is 4.57 Å². The van der Waals surface area contributed by atoms with Crippen LogP contribution in [0.25, 0.3) is 16.7 Å². The van der Waals surface area contributed by atoms with E-state index in [4.69, 9.17) is 16.3 Å². The van der Waals surface area contributed by atoms with Crippen molar-refractivity contribution < 1.29 is 9.53 Å². The number of nitrogens with one attached hydrogen (secondary N) is 1. The van der Waals surface area contributed by atoms with Crippen LogP contribution >= 0.6 is 11.6 Å². The minimum Gasteiger partial charge on any atom is -0.497 e. The number of rotatable bonds is 4. The van der Waals surface area contributed by atoms with Crippen LogP contribution in [0.3, 0.4) is 0 Å². The molecule has 2 aromatic carbocycles. The molecule has 0 aliphatic heterocycles.